The van der Waals surface area contributed by atoms with E-state index in [4.69, 9.17) is 9.47 Å². The monoisotopic (exact) mass is 325 g/mol. The van der Waals surface area contributed by atoms with E-state index < -0.39 is 0 Å². The third-order valence-electron chi connectivity index (χ3n) is 4.89. The second kappa shape index (κ2) is 8.20. The number of benzene rings is 2. The van der Waals surface area contributed by atoms with Crippen molar-refractivity contribution in [3.63, 3.8) is 0 Å². The van der Waals surface area contributed by atoms with Crippen molar-refractivity contribution in [3.05, 3.63) is 59.7 Å². The predicted octanol–water partition coefficient (Wildman–Crippen LogP) is 4.00. The fourth-order valence-corrected chi connectivity index (χ4v) is 3.57. The third-order valence-corrected chi connectivity index (χ3v) is 4.89. The Balaban J connectivity index is 1.51. The molecule has 0 saturated carbocycles. The number of ether oxygens (including phenoxy) is 2. The van der Waals surface area contributed by atoms with Gasteiger partial charge in [-0.25, -0.2) is 0 Å². The van der Waals surface area contributed by atoms with E-state index in [1.54, 1.807) is 14.2 Å². The summed E-state index contributed by atoms with van der Waals surface area (Å²) in [4.78, 5) is 0. The predicted molar refractivity (Wildman–Crippen MR) is 98.0 cm³/mol. The lowest BCUT2D eigenvalue weighted by Gasteiger charge is -2.16. The summed E-state index contributed by atoms with van der Waals surface area (Å²) in [6, 6.07) is 18.2. The first-order valence-electron chi connectivity index (χ1n) is 8.79. The lowest BCUT2D eigenvalue weighted by Crippen LogP contribution is -2.31. The number of methoxy groups -OCH3 is 2. The Hall–Kier alpha value is -2.00. The van der Waals surface area contributed by atoms with Crippen molar-refractivity contribution in [2.24, 2.45) is 0 Å². The first-order chi connectivity index (χ1) is 11.8. The molecule has 1 fully saturated rings. The molecule has 3 rings (SSSR count). The molecule has 0 radical (unpaired) electrons. The summed E-state index contributed by atoms with van der Waals surface area (Å²) in [7, 11) is 3.36. The van der Waals surface area contributed by atoms with Crippen LogP contribution < -0.4 is 14.8 Å². The molecule has 1 saturated heterocycles. The van der Waals surface area contributed by atoms with Gasteiger partial charge in [0.2, 0.25) is 0 Å². The Morgan fingerprint density at radius 3 is 2.38 bits per heavy atom. The minimum atomic E-state index is 0.559. The number of aryl methyl sites for hydroxylation is 1. The van der Waals surface area contributed by atoms with Gasteiger partial charge in [0, 0.05) is 12.1 Å². The molecule has 1 aliphatic heterocycles. The van der Waals surface area contributed by atoms with Crippen LogP contribution in [0.1, 0.15) is 30.4 Å². The van der Waals surface area contributed by atoms with E-state index in [9.17, 15) is 0 Å². The van der Waals surface area contributed by atoms with Gasteiger partial charge < -0.3 is 14.8 Å². The van der Waals surface area contributed by atoms with Gasteiger partial charge in [0.15, 0.2) is 11.5 Å². The molecule has 2 atom stereocenters. The van der Waals surface area contributed by atoms with Crippen molar-refractivity contribution in [1.29, 1.82) is 0 Å². The Morgan fingerprint density at radius 1 is 0.875 bits per heavy atom. The number of hydrogen-bond acceptors (Lipinski definition) is 3. The third kappa shape index (κ3) is 4.30. The van der Waals surface area contributed by atoms with Crippen LogP contribution in [0, 0.1) is 0 Å². The van der Waals surface area contributed by atoms with Gasteiger partial charge >= 0.3 is 0 Å². The molecule has 2 aromatic carbocycles. The maximum absolute atomic E-state index is 5.40. The van der Waals surface area contributed by atoms with Crippen LogP contribution in [0.3, 0.4) is 0 Å². The van der Waals surface area contributed by atoms with Gasteiger partial charge in [0.05, 0.1) is 14.2 Å². The second-order valence-corrected chi connectivity index (χ2v) is 6.56. The molecule has 0 spiro atoms. The average Bonchev–Trinajstić information content (AvgIpc) is 3.08. The van der Waals surface area contributed by atoms with Crippen LogP contribution in [0.5, 0.6) is 11.5 Å². The molecule has 1 aliphatic rings. The zero-order chi connectivity index (χ0) is 16.8. The van der Waals surface area contributed by atoms with Gasteiger partial charge in [-0.15, -0.1) is 0 Å². The summed E-state index contributed by atoms with van der Waals surface area (Å²) in [5.74, 6) is 1.61. The highest BCUT2D eigenvalue weighted by molar-refractivity contribution is 5.43. The van der Waals surface area contributed by atoms with Crippen molar-refractivity contribution in [2.45, 2.75) is 44.2 Å². The van der Waals surface area contributed by atoms with Crippen LogP contribution in [-0.2, 0) is 12.8 Å². The standard InChI is InChI=1S/C21H27NO2/c1-23-20-13-9-17(15-21(20)24-2)14-19-12-11-18(22-19)10-8-16-6-4-3-5-7-16/h3-7,9,13,15,18-19,22H,8,10-12,14H2,1-2H3. The molecular formula is C21H27NO2. The van der Waals surface area contributed by atoms with E-state index in [0.717, 1.165) is 24.3 Å². The van der Waals surface area contributed by atoms with Crippen molar-refractivity contribution < 1.29 is 9.47 Å². The molecule has 24 heavy (non-hydrogen) atoms. The molecule has 2 unspecified atom stereocenters. The Kier molecular flexibility index (Phi) is 5.76. The van der Waals surface area contributed by atoms with E-state index in [-0.39, 0.29) is 0 Å². The summed E-state index contributed by atoms with van der Waals surface area (Å²) >= 11 is 0. The Bertz CT molecular complexity index is 642. The normalized spacial score (nSPS) is 20.1. The van der Waals surface area contributed by atoms with Crippen LogP contribution >= 0.6 is 0 Å². The van der Waals surface area contributed by atoms with Crippen molar-refractivity contribution in [1.82, 2.24) is 5.32 Å². The fraction of sp³-hybridized carbons (Fsp3) is 0.429. The summed E-state index contributed by atoms with van der Waals surface area (Å²) in [6.07, 6.45) is 5.93. The van der Waals surface area contributed by atoms with Gasteiger partial charge in [0.25, 0.3) is 0 Å². The molecule has 0 amide bonds. The average molecular weight is 325 g/mol. The zero-order valence-corrected chi connectivity index (χ0v) is 14.6. The van der Waals surface area contributed by atoms with Crippen LogP contribution in [0.4, 0.5) is 0 Å². The first-order valence-corrected chi connectivity index (χ1v) is 8.79. The maximum Gasteiger partial charge on any atom is 0.160 e. The van der Waals surface area contributed by atoms with Crippen molar-refractivity contribution in [2.75, 3.05) is 14.2 Å². The highest BCUT2D eigenvalue weighted by atomic mass is 16.5. The Labute approximate surface area is 145 Å². The molecule has 1 N–H and O–H groups in total. The lowest BCUT2D eigenvalue weighted by molar-refractivity contribution is 0.354. The summed E-state index contributed by atoms with van der Waals surface area (Å²) < 4.78 is 10.7. The second-order valence-electron chi connectivity index (χ2n) is 6.56. The molecule has 1 heterocycles. The topological polar surface area (TPSA) is 30.5 Å². The van der Waals surface area contributed by atoms with Gasteiger partial charge in [-0.1, -0.05) is 36.4 Å². The van der Waals surface area contributed by atoms with Gasteiger partial charge in [-0.3, -0.25) is 0 Å². The zero-order valence-electron chi connectivity index (χ0n) is 14.6. The first kappa shape index (κ1) is 16.8. The smallest absolute Gasteiger partial charge is 0.160 e. The molecule has 3 nitrogen and oxygen atoms in total. The fourth-order valence-electron chi connectivity index (χ4n) is 3.57. The molecule has 0 bridgehead atoms. The quantitative estimate of drug-likeness (QED) is 0.834. The van der Waals surface area contributed by atoms with Gasteiger partial charge in [0.1, 0.15) is 0 Å². The Morgan fingerprint density at radius 2 is 1.62 bits per heavy atom. The molecule has 128 valence electrons. The lowest BCUT2D eigenvalue weighted by atomic mass is 10.0. The largest absolute Gasteiger partial charge is 0.493 e. The summed E-state index contributed by atoms with van der Waals surface area (Å²) in [5.41, 5.74) is 2.73. The SMILES string of the molecule is COc1ccc(CC2CCC(CCc3ccccc3)N2)cc1OC. The highest BCUT2D eigenvalue weighted by Crippen LogP contribution is 2.29. The van der Waals surface area contributed by atoms with E-state index >= 15 is 0 Å². The number of rotatable bonds is 7. The van der Waals surface area contributed by atoms with Crippen LogP contribution in [-0.4, -0.2) is 26.3 Å². The minimum Gasteiger partial charge on any atom is -0.493 e. The summed E-state index contributed by atoms with van der Waals surface area (Å²) in [5, 5.41) is 3.80. The molecule has 2 aromatic rings. The summed E-state index contributed by atoms with van der Waals surface area (Å²) in [6.45, 7) is 0. The van der Waals surface area contributed by atoms with E-state index in [1.165, 1.54) is 30.4 Å². The molecule has 0 aromatic heterocycles. The molecule has 3 heteroatoms. The highest BCUT2D eigenvalue weighted by Gasteiger charge is 2.23. The van der Waals surface area contributed by atoms with Crippen molar-refractivity contribution >= 4 is 0 Å². The van der Waals surface area contributed by atoms with E-state index in [0.29, 0.717) is 12.1 Å². The molecule has 0 aliphatic carbocycles. The maximum atomic E-state index is 5.40. The van der Waals surface area contributed by atoms with Crippen LogP contribution in [0.2, 0.25) is 0 Å². The number of nitrogens with one attached hydrogen (secondary N) is 1. The van der Waals surface area contributed by atoms with Crippen molar-refractivity contribution in [3.8, 4) is 11.5 Å². The minimum absolute atomic E-state index is 0.559. The van der Waals surface area contributed by atoms with E-state index in [1.807, 2.05) is 6.07 Å². The van der Waals surface area contributed by atoms with Gasteiger partial charge in [-0.2, -0.15) is 0 Å². The van der Waals surface area contributed by atoms with Gasteiger partial charge in [-0.05, 0) is 55.4 Å². The van der Waals surface area contributed by atoms with Crippen LogP contribution in [0.15, 0.2) is 48.5 Å². The molecular weight excluding hydrogens is 298 g/mol. The van der Waals surface area contributed by atoms with E-state index in [2.05, 4.69) is 47.8 Å². The van der Waals surface area contributed by atoms with Crippen LogP contribution in [0.25, 0.3) is 0 Å². The number of hydrogen-bond donors (Lipinski definition) is 1.